The van der Waals surface area contributed by atoms with Crippen LogP contribution in [-0.2, 0) is 6.18 Å². The summed E-state index contributed by atoms with van der Waals surface area (Å²) in [4.78, 5) is 0. The van der Waals surface area contributed by atoms with Crippen molar-refractivity contribution in [2.24, 2.45) is 11.8 Å². The van der Waals surface area contributed by atoms with Gasteiger partial charge in [-0.15, -0.1) is 0 Å². The van der Waals surface area contributed by atoms with Crippen LogP contribution < -0.4 is 11.3 Å². The van der Waals surface area contributed by atoms with Gasteiger partial charge < -0.3 is 0 Å². The van der Waals surface area contributed by atoms with Crippen molar-refractivity contribution in [2.75, 3.05) is 0 Å². The van der Waals surface area contributed by atoms with Crippen LogP contribution in [0.2, 0.25) is 0 Å². The third-order valence-corrected chi connectivity index (χ3v) is 4.68. The molecule has 1 saturated carbocycles. The van der Waals surface area contributed by atoms with Gasteiger partial charge in [-0.05, 0) is 42.5 Å². The van der Waals surface area contributed by atoms with Gasteiger partial charge in [-0.1, -0.05) is 35.2 Å². The summed E-state index contributed by atoms with van der Waals surface area (Å²) >= 11 is 3.34. The molecule has 0 aliphatic heterocycles. The molecule has 20 heavy (non-hydrogen) atoms. The van der Waals surface area contributed by atoms with Crippen LogP contribution in [0, 0.1) is 5.92 Å². The molecule has 1 aromatic carbocycles. The number of hydrogen-bond donors (Lipinski definition) is 2. The molecule has 1 aromatic rings. The number of nitrogens with one attached hydrogen (secondary N) is 1. The number of nitrogens with two attached hydrogens (primary N) is 1. The molecule has 1 aliphatic carbocycles. The first-order valence-corrected chi connectivity index (χ1v) is 7.55. The predicted molar refractivity (Wildman–Crippen MR) is 75.8 cm³/mol. The minimum atomic E-state index is -4.33. The number of alkyl halides is 3. The molecule has 0 bridgehead atoms. The Morgan fingerprint density at radius 2 is 1.85 bits per heavy atom. The lowest BCUT2D eigenvalue weighted by Crippen LogP contribution is -2.35. The smallest absolute Gasteiger partial charge is 0.271 e. The van der Waals surface area contributed by atoms with Gasteiger partial charge in [0.25, 0.3) is 0 Å². The predicted octanol–water partition coefficient (Wildman–Crippen LogP) is 4.55. The van der Waals surface area contributed by atoms with Gasteiger partial charge in [0.2, 0.25) is 0 Å². The van der Waals surface area contributed by atoms with Gasteiger partial charge in [-0.2, -0.15) is 13.2 Å². The second-order valence-electron chi connectivity index (χ2n) is 5.28. The van der Waals surface area contributed by atoms with E-state index in [1.165, 1.54) is 18.6 Å². The van der Waals surface area contributed by atoms with Gasteiger partial charge in [-0.25, -0.2) is 0 Å². The molecule has 1 atom stereocenters. The van der Waals surface area contributed by atoms with Crippen molar-refractivity contribution in [3.05, 3.63) is 33.8 Å². The first-order chi connectivity index (χ1) is 9.43. The maximum absolute atomic E-state index is 12.8. The fraction of sp³-hybridized carbons (Fsp3) is 0.571. The molecule has 112 valence electrons. The van der Waals surface area contributed by atoms with Crippen LogP contribution in [0.15, 0.2) is 22.7 Å². The van der Waals surface area contributed by atoms with E-state index in [0.717, 1.165) is 31.7 Å². The molecule has 1 fully saturated rings. The Balaban J connectivity index is 2.32. The Morgan fingerprint density at radius 3 is 2.40 bits per heavy atom. The van der Waals surface area contributed by atoms with Crippen LogP contribution in [0.1, 0.15) is 49.3 Å². The highest BCUT2D eigenvalue weighted by molar-refractivity contribution is 9.10. The van der Waals surface area contributed by atoms with Crippen molar-refractivity contribution in [1.82, 2.24) is 5.43 Å². The zero-order chi connectivity index (χ0) is 14.8. The lowest BCUT2D eigenvalue weighted by atomic mass is 9.81. The number of halogens is 4. The van der Waals surface area contributed by atoms with Gasteiger partial charge in [0.15, 0.2) is 0 Å². The molecule has 3 N–H and O–H groups in total. The molecule has 6 heteroatoms. The van der Waals surface area contributed by atoms with E-state index in [1.807, 2.05) is 0 Å². The van der Waals surface area contributed by atoms with Crippen molar-refractivity contribution in [1.29, 1.82) is 0 Å². The molecule has 0 aromatic heterocycles. The van der Waals surface area contributed by atoms with Crippen molar-refractivity contribution in [3.8, 4) is 0 Å². The Labute approximate surface area is 125 Å². The average Bonchev–Trinajstić information content (AvgIpc) is 2.41. The monoisotopic (exact) mass is 350 g/mol. The molecule has 2 rings (SSSR count). The van der Waals surface area contributed by atoms with E-state index in [-0.39, 0.29) is 12.0 Å². The van der Waals surface area contributed by atoms with E-state index in [1.54, 1.807) is 0 Å². The lowest BCUT2D eigenvalue weighted by Gasteiger charge is -2.31. The van der Waals surface area contributed by atoms with E-state index in [0.29, 0.717) is 10.0 Å². The van der Waals surface area contributed by atoms with Crippen molar-refractivity contribution >= 4 is 15.9 Å². The van der Waals surface area contributed by atoms with Crippen LogP contribution in [-0.4, -0.2) is 0 Å². The molecule has 0 heterocycles. The third-order valence-electron chi connectivity index (χ3n) is 3.96. The number of hydrogen-bond acceptors (Lipinski definition) is 2. The van der Waals surface area contributed by atoms with Gasteiger partial charge in [0.05, 0.1) is 5.56 Å². The SMILES string of the molecule is NNC(c1cc(C(F)(F)F)ccc1Br)C1CCCCC1. The molecule has 1 aliphatic rings. The number of benzene rings is 1. The minimum absolute atomic E-state index is 0.244. The molecule has 0 saturated heterocycles. The first-order valence-electron chi connectivity index (χ1n) is 6.76. The Kier molecular flexibility index (Phi) is 5.09. The summed E-state index contributed by atoms with van der Waals surface area (Å²) in [5.74, 6) is 5.90. The molecular weight excluding hydrogens is 333 g/mol. The summed E-state index contributed by atoms with van der Waals surface area (Å²) in [6, 6.07) is 3.49. The van der Waals surface area contributed by atoms with Crippen molar-refractivity contribution in [3.63, 3.8) is 0 Å². The van der Waals surface area contributed by atoms with Crippen LogP contribution in [0.25, 0.3) is 0 Å². The highest BCUT2D eigenvalue weighted by atomic mass is 79.9. The fourth-order valence-electron chi connectivity index (χ4n) is 2.91. The average molecular weight is 351 g/mol. The zero-order valence-electron chi connectivity index (χ0n) is 11.0. The van der Waals surface area contributed by atoms with Crippen LogP contribution in [0.3, 0.4) is 0 Å². The topological polar surface area (TPSA) is 38.0 Å². The third kappa shape index (κ3) is 3.54. The van der Waals surface area contributed by atoms with E-state index < -0.39 is 11.7 Å². The molecule has 0 spiro atoms. The van der Waals surface area contributed by atoms with Gasteiger partial charge in [0.1, 0.15) is 0 Å². The van der Waals surface area contributed by atoms with Gasteiger partial charge in [0, 0.05) is 10.5 Å². The lowest BCUT2D eigenvalue weighted by molar-refractivity contribution is -0.137. The van der Waals surface area contributed by atoms with E-state index in [9.17, 15) is 13.2 Å². The highest BCUT2D eigenvalue weighted by Crippen LogP contribution is 2.39. The summed E-state index contributed by atoms with van der Waals surface area (Å²) in [5, 5.41) is 0. The molecule has 0 amide bonds. The highest BCUT2D eigenvalue weighted by Gasteiger charge is 2.33. The number of hydrazine groups is 1. The van der Waals surface area contributed by atoms with E-state index in [4.69, 9.17) is 5.84 Å². The van der Waals surface area contributed by atoms with Crippen molar-refractivity contribution < 1.29 is 13.2 Å². The summed E-state index contributed by atoms with van der Waals surface area (Å²) in [6.07, 6.45) is 1.08. The maximum atomic E-state index is 12.8. The molecular formula is C14H18BrF3N2. The van der Waals surface area contributed by atoms with Gasteiger partial charge >= 0.3 is 6.18 Å². The second kappa shape index (κ2) is 6.45. The van der Waals surface area contributed by atoms with Crippen molar-refractivity contribution in [2.45, 2.75) is 44.3 Å². The maximum Gasteiger partial charge on any atom is 0.416 e. The second-order valence-corrected chi connectivity index (χ2v) is 6.13. The molecule has 2 nitrogen and oxygen atoms in total. The minimum Gasteiger partial charge on any atom is -0.271 e. The van der Waals surface area contributed by atoms with Crippen LogP contribution >= 0.6 is 15.9 Å². The molecule has 0 radical (unpaired) electrons. The standard InChI is InChI=1S/C14H18BrF3N2/c15-12-7-6-10(14(16,17)18)8-11(12)13(20-19)9-4-2-1-3-5-9/h6-9,13,20H,1-5,19H2. The van der Waals surface area contributed by atoms with E-state index in [2.05, 4.69) is 21.4 Å². The quantitative estimate of drug-likeness (QED) is 0.619. The summed E-state index contributed by atoms with van der Waals surface area (Å²) < 4.78 is 39.2. The zero-order valence-corrected chi connectivity index (χ0v) is 12.6. The van der Waals surface area contributed by atoms with Crippen LogP contribution in [0.5, 0.6) is 0 Å². The normalized spacial score (nSPS) is 19.1. The Bertz CT molecular complexity index is 456. The number of rotatable bonds is 3. The Hall–Kier alpha value is -0.590. The van der Waals surface area contributed by atoms with Gasteiger partial charge in [-0.3, -0.25) is 11.3 Å². The fourth-order valence-corrected chi connectivity index (χ4v) is 3.40. The largest absolute Gasteiger partial charge is 0.416 e. The summed E-state index contributed by atoms with van der Waals surface area (Å²) in [6.45, 7) is 0. The summed E-state index contributed by atoms with van der Waals surface area (Å²) in [7, 11) is 0. The van der Waals surface area contributed by atoms with Crippen LogP contribution in [0.4, 0.5) is 13.2 Å². The Morgan fingerprint density at radius 1 is 1.20 bits per heavy atom. The molecule has 1 unspecified atom stereocenters. The van der Waals surface area contributed by atoms with E-state index >= 15 is 0 Å². The summed E-state index contributed by atoms with van der Waals surface area (Å²) in [5.41, 5.74) is 2.67. The first kappa shape index (κ1) is 15.8.